The SMILES string of the molecule is O=Cc1ccc2ncn(-c3nc(-c4cccc(Cl)c4)cs3)c2c1. The van der Waals surface area contributed by atoms with Crippen LogP contribution in [0.3, 0.4) is 0 Å². The Balaban J connectivity index is 1.81. The van der Waals surface area contributed by atoms with Crippen LogP contribution in [0.1, 0.15) is 10.4 Å². The molecule has 0 saturated carbocycles. The van der Waals surface area contributed by atoms with Crippen molar-refractivity contribution in [3.63, 3.8) is 0 Å². The van der Waals surface area contributed by atoms with Gasteiger partial charge in [-0.2, -0.15) is 0 Å². The van der Waals surface area contributed by atoms with Gasteiger partial charge in [-0.05, 0) is 30.3 Å². The lowest BCUT2D eigenvalue weighted by atomic mass is 10.2. The summed E-state index contributed by atoms with van der Waals surface area (Å²) < 4.78 is 1.89. The van der Waals surface area contributed by atoms with E-state index in [4.69, 9.17) is 11.6 Å². The van der Waals surface area contributed by atoms with Crippen molar-refractivity contribution in [2.75, 3.05) is 0 Å². The Labute approximate surface area is 141 Å². The molecule has 4 nitrogen and oxygen atoms in total. The van der Waals surface area contributed by atoms with Crippen molar-refractivity contribution in [1.29, 1.82) is 0 Å². The van der Waals surface area contributed by atoms with Gasteiger partial charge in [0.2, 0.25) is 0 Å². The molecule has 4 rings (SSSR count). The third-order valence-electron chi connectivity index (χ3n) is 3.53. The van der Waals surface area contributed by atoms with Crippen LogP contribution < -0.4 is 0 Å². The number of hydrogen-bond acceptors (Lipinski definition) is 4. The number of nitrogens with zero attached hydrogens (tertiary/aromatic N) is 3. The first-order valence-electron chi connectivity index (χ1n) is 6.89. The molecule has 0 N–H and O–H groups in total. The number of fused-ring (bicyclic) bond motifs is 1. The molecule has 112 valence electrons. The van der Waals surface area contributed by atoms with Crippen molar-refractivity contribution < 1.29 is 4.79 Å². The van der Waals surface area contributed by atoms with Crippen LogP contribution in [0.2, 0.25) is 5.02 Å². The van der Waals surface area contributed by atoms with Crippen LogP contribution in [0.25, 0.3) is 27.4 Å². The van der Waals surface area contributed by atoms with Gasteiger partial charge in [-0.25, -0.2) is 9.97 Å². The Bertz CT molecular complexity index is 1020. The summed E-state index contributed by atoms with van der Waals surface area (Å²) in [6, 6.07) is 13.0. The van der Waals surface area contributed by atoms with Crippen molar-refractivity contribution >= 4 is 40.3 Å². The molecule has 0 aliphatic heterocycles. The smallest absolute Gasteiger partial charge is 0.195 e. The second-order valence-electron chi connectivity index (χ2n) is 5.01. The number of aromatic nitrogens is 3. The van der Waals surface area contributed by atoms with Crippen LogP contribution in [0, 0.1) is 0 Å². The Kier molecular flexibility index (Phi) is 3.44. The highest BCUT2D eigenvalue weighted by Gasteiger charge is 2.10. The number of halogens is 1. The van der Waals surface area contributed by atoms with Crippen molar-refractivity contribution in [3.8, 4) is 16.4 Å². The maximum Gasteiger partial charge on any atom is 0.195 e. The van der Waals surface area contributed by atoms with Crippen LogP contribution in [0.15, 0.2) is 54.2 Å². The van der Waals surface area contributed by atoms with E-state index in [-0.39, 0.29) is 0 Å². The van der Waals surface area contributed by atoms with Gasteiger partial charge in [0.25, 0.3) is 0 Å². The molecule has 0 aliphatic rings. The van der Waals surface area contributed by atoms with Crippen LogP contribution in [-0.4, -0.2) is 20.8 Å². The number of thiazole rings is 1. The summed E-state index contributed by atoms with van der Waals surface area (Å²) in [4.78, 5) is 20.0. The highest BCUT2D eigenvalue weighted by molar-refractivity contribution is 7.12. The van der Waals surface area contributed by atoms with E-state index in [1.165, 1.54) is 11.3 Å². The van der Waals surface area contributed by atoms with E-state index < -0.39 is 0 Å². The lowest BCUT2D eigenvalue weighted by Gasteiger charge is -2.00. The Morgan fingerprint density at radius 1 is 1.17 bits per heavy atom. The first kappa shape index (κ1) is 14.1. The molecule has 4 aromatic rings. The maximum atomic E-state index is 11.0. The largest absolute Gasteiger partial charge is 0.298 e. The normalized spacial score (nSPS) is 11.0. The standard InChI is InChI=1S/C17H10ClN3OS/c18-13-3-1-2-12(7-13)15-9-23-17(20-15)21-10-19-14-5-4-11(8-22)6-16(14)21/h1-10H. The zero-order chi connectivity index (χ0) is 15.8. The van der Waals surface area contributed by atoms with Crippen LogP contribution >= 0.6 is 22.9 Å². The minimum absolute atomic E-state index is 0.617. The third kappa shape index (κ3) is 2.54. The number of carbonyl (C=O) groups excluding carboxylic acids is 1. The number of aldehydes is 1. The Morgan fingerprint density at radius 3 is 2.91 bits per heavy atom. The molecule has 0 spiro atoms. The van der Waals surface area contributed by atoms with Gasteiger partial charge in [-0.15, -0.1) is 11.3 Å². The molecule has 0 aliphatic carbocycles. The quantitative estimate of drug-likeness (QED) is 0.512. The van der Waals surface area contributed by atoms with Crippen LogP contribution in [0.5, 0.6) is 0 Å². The van der Waals surface area contributed by atoms with E-state index in [2.05, 4.69) is 9.97 Å². The molecule has 0 bridgehead atoms. The van der Waals surface area contributed by atoms with Gasteiger partial charge in [0.1, 0.15) is 12.6 Å². The molecule has 0 unspecified atom stereocenters. The predicted molar refractivity (Wildman–Crippen MR) is 92.6 cm³/mol. The van der Waals surface area contributed by atoms with Crippen molar-refractivity contribution in [3.05, 3.63) is 64.8 Å². The zero-order valence-corrected chi connectivity index (χ0v) is 13.4. The highest BCUT2D eigenvalue weighted by atomic mass is 35.5. The van der Waals surface area contributed by atoms with Crippen molar-refractivity contribution in [2.45, 2.75) is 0 Å². The summed E-state index contributed by atoms with van der Waals surface area (Å²) >= 11 is 7.56. The van der Waals surface area contributed by atoms with Gasteiger partial charge in [-0.1, -0.05) is 23.7 Å². The number of imidazole rings is 1. The van der Waals surface area contributed by atoms with Gasteiger partial charge in [-0.3, -0.25) is 9.36 Å². The molecule has 0 radical (unpaired) electrons. The number of hydrogen-bond donors (Lipinski definition) is 0. The van der Waals surface area contributed by atoms with Crippen molar-refractivity contribution in [2.24, 2.45) is 0 Å². The zero-order valence-electron chi connectivity index (χ0n) is 11.8. The predicted octanol–water partition coefficient (Wildman–Crippen LogP) is 4.61. The summed E-state index contributed by atoms with van der Waals surface area (Å²) in [6.45, 7) is 0. The Morgan fingerprint density at radius 2 is 2.09 bits per heavy atom. The summed E-state index contributed by atoms with van der Waals surface area (Å²) in [6.07, 6.45) is 2.55. The minimum atomic E-state index is 0.617. The maximum absolute atomic E-state index is 11.0. The lowest BCUT2D eigenvalue weighted by molar-refractivity contribution is 0.112. The van der Waals surface area contributed by atoms with Gasteiger partial charge < -0.3 is 0 Å². The fourth-order valence-electron chi connectivity index (χ4n) is 2.41. The molecular weight excluding hydrogens is 330 g/mol. The highest BCUT2D eigenvalue weighted by Crippen LogP contribution is 2.28. The second kappa shape index (κ2) is 5.61. The van der Waals surface area contributed by atoms with E-state index in [1.807, 2.05) is 46.3 Å². The van der Waals surface area contributed by atoms with Crippen molar-refractivity contribution in [1.82, 2.24) is 14.5 Å². The van der Waals surface area contributed by atoms with E-state index in [0.717, 1.165) is 33.7 Å². The Hall–Kier alpha value is -2.50. The molecule has 6 heteroatoms. The number of rotatable bonds is 3. The molecule has 2 aromatic heterocycles. The van der Waals surface area contributed by atoms with Crippen LogP contribution in [0.4, 0.5) is 0 Å². The molecule has 23 heavy (non-hydrogen) atoms. The van der Waals surface area contributed by atoms with Gasteiger partial charge in [0, 0.05) is 21.5 Å². The molecular formula is C17H10ClN3OS. The molecule has 2 aromatic carbocycles. The van der Waals surface area contributed by atoms with Gasteiger partial charge in [0.15, 0.2) is 5.13 Å². The fraction of sp³-hybridized carbons (Fsp3) is 0. The van der Waals surface area contributed by atoms with Gasteiger partial charge >= 0.3 is 0 Å². The topological polar surface area (TPSA) is 47.8 Å². The van der Waals surface area contributed by atoms with E-state index >= 15 is 0 Å². The second-order valence-corrected chi connectivity index (χ2v) is 6.28. The van der Waals surface area contributed by atoms with Gasteiger partial charge in [0.05, 0.1) is 16.7 Å². The molecule has 0 atom stereocenters. The molecule has 0 amide bonds. The summed E-state index contributed by atoms with van der Waals surface area (Å²) in [5, 5.41) is 3.46. The average molecular weight is 340 g/mol. The van der Waals surface area contributed by atoms with Crippen LogP contribution in [-0.2, 0) is 0 Å². The third-order valence-corrected chi connectivity index (χ3v) is 4.60. The average Bonchev–Trinajstić information content (AvgIpc) is 3.20. The first-order chi connectivity index (χ1) is 11.2. The fourth-order valence-corrected chi connectivity index (χ4v) is 3.41. The summed E-state index contributed by atoms with van der Waals surface area (Å²) in [7, 11) is 0. The minimum Gasteiger partial charge on any atom is -0.298 e. The number of benzene rings is 2. The first-order valence-corrected chi connectivity index (χ1v) is 8.14. The monoisotopic (exact) mass is 339 g/mol. The summed E-state index contributed by atoms with van der Waals surface area (Å²) in [5.41, 5.74) is 4.14. The van der Waals surface area contributed by atoms with E-state index in [9.17, 15) is 4.79 Å². The van der Waals surface area contributed by atoms with E-state index in [1.54, 1.807) is 12.4 Å². The molecule has 2 heterocycles. The number of carbonyl (C=O) groups is 1. The summed E-state index contributed by atoms with van der Waals surface area (Å²) in [5.74, 6) is 0. The molecule has 0 saturated heterocycles. The van der Waals surface area contributed by atoms with E-state index in [0.29, 0.717) is 10.6 Å². The molecule has 0 fully saturated rings. The lowest BCUT2D eigenvalue weighted by Crippen LogP contribution is -1.92.